The third kappa shape index (κ3) is 5.82. The fraction of sp³-hybridized carbons (Fsp3) is 0.750. The van der Waals surface area contributed by atoms with E-state index < -0.39 is 10.0 Å². The molecule has 116 valence electrons. The van der Waals surface area contributed by atoms with Crippen LogP contribution in [-0.2, 0) is 16.6 Å². The van der Waals surface area contributed by atoms with Gasteiger partial charge >= 0.3 is 0 Å². The van der Waals surface area contributed by atoms with Gasteiger partial charge in [-0.1, -0.05) is 6.92 Å². The van der Waals surface area contributed by atoms with Crippen molar-refractivity contribution in [3.63, 3.8) is 0 Å². The van der Waals surface area contributed by atoms with Gasteiger partial charge in [-0.25, -0.2) is 13.1 Å². The predicted octanol–water partition coefficient (Wildman–Crippen LogP) is 1.33. The number of rotatable bonds is 11. The van der Waals surface area contributed by atoms with Crippen LogP contribution in [0.3, 0.4) is 0 Å². The van der Waals surface area contributed by atoms with Crippen molar-refractivity contribution in [2.24, 2.45) is 0 Å². The van der Waals surface area contributed by atoms with E-state index in [1.807, 2.05) is 6.26 Å². The number of thioether (sulfide) groups is 1. The van der Waals surface area contributed by atoms with Crippen molar-refractivity contribution in [3.8, 4) is 0 Å². The zero-order valence-corrected chi connectivity index (χ0v) is 13.7. The van der Waals surface area contributed by atoms with Crippen molar-refractivity contribution in [3.05, 3.63) is 11.8 Å². The number of hydrogen-bond acceptors (Lipinski definition) is 5. The van der Waals surface area contributed by atoms with Crippen molar-refractivity contribution in [1.29, 1.82) is 0 Å². The van der Waals surface area contributed by atoms with Crippen LogP contribution in [-0.4, -0.2) is 43.7 Å². The molecule has 0 aliphatic rings. The quantitative estimate of drug-likeness (QED) is 0.536. The first-order valence-electron chi connectivity index (χ1n) is 6.83. The van der Waals surface area contributed by atoms with Crippen LogP contribution in [0.15, 0.2) is 11.2 Å². The number of unbranched alkanes of at least 4 members (excludes halogenated alkanes) is 1. The van der Waals surface area contributed by atoms with Crippen LogP contribution in [0, 0.1) is 0 Å². The lowest BCUT2D eigenvalue weighted by Crippen LogP contribution is -2.27. The van der Waals surface area contributed by atoms with E-state index in [0.717, 1.165) is 31.6 Å². The Bertz CT molecular complexity index is 474. The molecule has 0 spiro atoms. The molecule has 6 nitrogen and oxygen atoms in total. The van der Waals surface area contributed by atoms with E-state index in [9.17, 15) is 8.42 Å². The van der Waals surface area contributed by atoms with Crippen LogP contribution >= 0.6 is 11.8 Å². The molecule has 0 bridgehead atoms. The van der Waals surface area contributed by atoms with Crippen LogP contribution in [0.1, 0.15) is 31.7 Å². The van der Waals surface area contributed by atoms with Crippen molar-refractivity contribution in [2.45, 2.75) is 37.8 Å². The van der Waals surface area contributed by atoms with E-state index in [0.29, 0.717) is 18.7 Å². The van der Waals surface area contributed by atoms with E-state index in [4.69, 9.17) is 0 Å². The van der Waals surface area contributed by atoms with Gasteiger partial charge in [-0.3, -0.25) is 5.10 Å². The molecule has 0 saturated heterocycles. The second kappa shape index (κ2) is 9.38. The maximum atomic E-state index is 12.2. The zero-order valence-electron chi connectivity index (χ0n) is 12.1. The number of aromatic amines is 1. The minimum absolute atomic E-state index is 0.172. The first kappa shape index (κ1) is 17.5. The van der Waals surface area contributed by atoms with E-state index in [2.05, 4.69) is 27.2 Å². The Morgan fingerprint density at radius 3 is 2.85 bits per heavy atom. The summed E-state index contributed by atoms with van der Waals surface area (Å²) in [6.45, 7) is 3.89. The third-order valence-corrected chi connectivity index (χ3v) is 4.93. The first-order chi connectivity index (χ1) is 9.61. The van der Waals surface area contributed by atoms with Crippen molar-refractivity contribution in [1.82, 2.24) is 20.2 Å². The Morgan fingerprint density at radius 2 is 2.15 bits per heavy atom. The van der Waals surface area contributed by atoms with Crippen LogP contribution in [0.25, 0.3) is 0 Å². The third-order valence-electron chi connectivity index (χ3n) is 2.76. The van der Waals surface area contributed by atoms with Gasteiger partial charge in [0.15, 0.2) is 5.03 Å². The normalized spacial score (nSPS) is 11.9. The predicted molar refractivity (Wildman–Crippen MR) is 83.4 cm³/mol. The number of aromatic nitrogens is 2. The molecular formula is C12H24N4O2S2. The molecule has 1 rings (SSSR count). The molecule has 0 radical (unpaired) electrons. The van der Waals surface area contributed by atoms with Gasteiger partial charge < -0.3 is 5.32 Å². The highest BCUT2D eigenvalue weighted by molar-refractivity contribution is 7.98. The minimum atomic E-state index is -3.49. The molecule has 1 heterocycles. The standard InChI is InChI=1S/C12H24N4O2S2/c1-3-6-13-9-11-10-14-16-12(11)20(17,18)15-7-4-5-8-19-2/h10,13,15H,3-9H2,1-2H3,(H,14,16). The molecule has 0 amide bonds. The topological polar surface area (TPSA) is 86.9 Å². The van der Waals surface area contributed by atoms with Gasteiger partial charge in [0.2, 0.25) is 0 Å². The van der Waals surface area contributed by atoms with Crippen molar-refractivity contribution < 1.29 is 8.42 Å². The number of hydrogen-bond donors (Lipinski definition) is 3. The molecule has 0 unspecified atom stereocenters. The lowest BCUT2D eigenvalue weighted by molar-refractivity contribution is 0.571. The first-order valence-corrected chi connectivity index (χ1v) is 9.71. The molecule has 0 atom stereocenters. The highest BCUT2D eigenvalue weighted by Gasteiger charge is 2.19. The molecule has 0 saturated carbocycles. The Kier molecular flexibility index (Phi) is 8.20. The molecule has 0 aromatic carbocycles. The smallest absolute Gasteiger partial charge is 0.257 e. The van der Waals surface area contributed by atoms with Crippen molar-refractivity contribution in [2.75, 3.05) is 25.1 Å². The summed E-state index contributed by atoms with van der Waals surface area (Å²) in [6.07, 6.45) is 6.47. The summed E-state index contributed by atoms with van der Waals surface area (Å²) in [7, 11) is -3.49. The van der Waals surface area contributed by atoms with E-state index in [-0.39, 0.29) is 5.03 Å². The number of nitrogens with zero attached hydrogens (tertiary/aromatic N) is 1. The Hall–Kier alpha value is -0.570. The largest absolute Gasteiger partial charge is 0.313 e. The van der Waals surface area contributed by atoms with Gasteiger partial charge in [-0.2, -0.15) is 16.9 Å². The Balaban J connectivity index is 2.52. The summed E-state index contributed by atoms with van der Waals surface area (Å²) in [6, 6.07) is 0. The second-order valence-corrected chi connectivity index (χ2v) is 7.19. The zero-order chi connectivity index (χ0) is 14.8. The second-order valence-electron chi connectivity index (χ2n) is 4.50. The Morgan fingerprint density at radius 1 is 1.35 bits per heavy atom. The molecular weight excluding hydrogens is 296 g/mol. The van der Waals surface area contributed by atoms with E-state index in [1.54, 1.807) is 18.0 Å². The molecule has 0 aliphatic carbocycles. The van der Waals surface area contributed by atoms with Crippen molar-refractivity contribution >= 4 is 21.8 Å². The average molecular weight is 320 g/mol. The lowest BCUT2D eigenvalue weighted by Gasteiger charge is -2.07. The molecule has 1 aromatic rings. The van der Waals surface area contributed by atoms with Gasteiger partial charge in [0.1, 0.15) is 0 Å². The summed E-state index contributed by atoms with van der Waals surface area (Å²) in [4.78, 5) is 0. The number of H-pyrrole nitrogens is 1. The summed E-state index contributed by atoms with van der Waals surface area (Å²) in [5, 5.41) is 9.77. The maximum Gasteiger partial charge on any atom is 0.257 e. The van der Waals surface area contributed by atoms with Crippen LogP contribution in [0.2, 0.25) is 0 Å². The van der Waals surface area contributed by atoms with E-state index in [1.165, 1.54) is 0 Å². The SMILES string of the molecule is CCCNCc1cn[nH]c1S(=O)(=O)NCCCCSC. The molecule has 1 aromatic heterocycles. The minimum Gasteiger partial charge on any atom is -0.313 e. The monoisotopic (exact) mass is 320 g/mol. The highest BCUT2D eigenvalue weighted by Crippen LogP contribution is 2.11. The Labute approximate surface area is 125 Å². The van der Waals surface area contributed by atoms with E-state index >= 15 is 0 Å². The molecule has 8 heteroatoms. The number of nitrogens with one attached hydrogen (secondary N) is 3. The molecule has 3 N–H and O–H groups in total. The van der Waals surface area contributed by atoms with Gasteiger partial charge in [-0.05, 0) is 37.8 Å². The number of sulfonamides is 1. The summed E-state index contributed by atoms with van der Waals surface area (Å²) in [5.41, 5.74) is 0.676. The highest BCUT2D eigenvalue weighted by atomic mass is 32.2. The van der Waals surface area contributed by atoms with Crippen LogP contribution in [0.4, 0.5) is 0 Å². The van der Waals surface area contributed by atoms with Gasteiger partial charge in [0, 0.05) is 18.7 Å². The van der Waals surface area contributed by atoms with Crippen LogP contribution in [0.5, 0.6) is 0 Å². The summed E-state index contributed by atoms with van der Waals surface area (Å²) < 4.78 is 26.9. The van der Waals surface area contributed by atoms with Gasteiger partial charge in [0.25, 0.3) is 10.0 Å². The maximum absolute atomic E-state index is 12.2. The summed E-state index contributed by atoms with van der Waals surface area (Å²) >= 11 is 1.77. The van der Waals surface area contributed by atoms with Gasteiger partial charge in [-0.15, -0.1) is 0 Å². The fourth-order valence-corrected chi connectivity index (χ4v) is 3.40. The fourth-order valence-electron chi connectivity index (χ4n) is 1.71. The molecule has 20 heavy (non-hydrogen) atoms. The van der Waals surface area contributed by atoms with Gasteiger partial charge in [0.05, 0.1) is 6.20 Å². The summed E-state index contributed by atoms with van der Waals surface area (Å²) in [5.74, 6) is 1.05. The lowest BCUT2D eigenvalue weighted by atomic mass is 10.3. The van der Waals surface area contributed by atoms with Crippen LogP contribution < -0.4 is 10.0 Å². The molecule has 0 aliphatic heterocycles. The average Bonchev–Trinajstić information content (AvgIpc) is 2.88. The molecule has 0 fully saturated rings.